The number of amides is 2. The van der Waals surface area contributed by atoms with E-state index in [9.17, 15) is 14.4 Å². The van der Waals surface area contributed by atoms with Gasteiger partial charge in [0.2, 0.25) is 11.8 Å². The SMILES string of the molecule is COc1ccc2c(c1)N(CC(N)=O)C(=O)C(C(=O)OC(C)(C)C)CC2. The van der Waals surface area contributed by atoms with Crippen LogP contribution >= 0.6 is 0 Å². The van der Waals surface area contributed by atoms with Crippen molar-refractivity contribution >= 4 is 23.5 Å². The summed E-state index contributed by atoms with van der Waals surface area (Å²) in [4.78, 5) is 38.1. The molecule has 25 heavy (non-hydrogen) atoms. The first-order valence-corrected chi connectivity index (χ1v) is 8.12. The number of fused-ring (bicyclic) bond motifs is 1. The number of benzene rings is 1. The lowest BCUT2D eigenvalue weighted by molar-refractivity contribution is -0.162. The summed E-state index contributed by atoms with van der Waals surface area (Å²) in [7, 11) is 1.52. The monoisotopic (exact) mass is 348 g/mol. The molecular weight excluding hydrogens is 324 g/mol. The third kappa shape index (κ3) is 4.49. The average molecular weight is 348 g/mol. The van der Waals surface area contributed by atoms with Gasteiger partial charge < -0.3 is 20.1 Å². The number of nitrogens with two attached hydrogens (primary N) is 1. The molecule has 1 atom stereocenters. The van der Waals surface area contributed by atoms with Gasteiger partial charge in [0, 0.05) is 6.07 Å². The van der Waals surface area contributed by atoms with Crippen molar-refractivity contribution in [1.29, 1.82) is 0 Å². The molecule has 0 aromatic heterocycles. The van der Waals surface area contributed by atoms with Crippen molar-refractivity contribution in [1.82, 2.24) is 0 Å². The lowest BCUT2D eigenvalue weighted by atomic mass is 10.00. The lowest BCUT2D eigenvalue weighted by Crippen LogP contribution is -2.44. The van der Waals surface area contributed by atoms with Gasteiger partial charge in [-0.15, -0.1) is 0 Å². The zero-order chi connectivity index (χ0) is 18.8. The third-order valence-corrected chi connectivity index (χ3v) is 3.85. The molecule has 1 heterocycles. The summed E-state index contributed by atoms with van der Waals surface area (Å²) >= 11 is 0. The largest absolute Gasteiger partial charge is 0.497 e. The first kappa shape index (κ1) is 18.8. The Morgan fingerprint density at radius 3 is 2.56 bits per heavy atom. The number of anilines is 1. The van der Waals surface area contributed by atoms with Crippen molar-refractivity contribution in [2.45, 2.75) is 39.2 Å². The molecule has 0 radical (unpaired) electrons. The highest BCUT2D eigenvalue weighted by molar-refractivity contribution is 6.09. The van der Waals surface area contributed by atoms with Gasteiger partial charge in [-0.3, -0.25) is 14.4 Å². The quantitative estimate of drug-likeness (QED) is 0.655. The van der Waals surface area contributed by atoms with E-state index >= 15 is 0 Å². The van der Waals surface area contributed by atoms with Crippen LogP contribution in [0.5, 0.6) is 5.75 Å². The van der Waals surface area contributed by atoms with Gasteiger partial charge in [0.1, 0.15) is 23.8 Å². The number of ether oxygens (including phenoxy) is 2. The molecule has 0 saturated heterocycles. The summed E-state index contributed by atoms with van der Waals surface area (Å²) in [5.74, 6) is -2.16. The molecule has 136 valence electrons. The number of nitrogens with zero attached hydrogens (tertiary/aromatic N) is 1. The van der Waals surface area contributed by atoms with Crippen LogP contribution in [0.3, 0.4) is 0 Å². The maximum atomic E-state index is 12.9. The van der Waals surface area contributed by atoms with Crippen molar-refractivity contribution < 1.29 is 23.9 Å². The van der Waals surface area contributed by atoms with Crippen molar-refractivity contribution in [2.75, 3.05) is 18.6 Å². The van der Waals surface area contributed by atoms with E-state index in [-0.39, 0.29) is 6.54 Å². The minimum absolute atomic E-state index is 0.307. The molecule has 0 bridgehead atoms. The maximum absolute atomic E-state index is 12.9. The second-order valence-electron chi connectivity index (χ2n) is 7.01. The predicted molar refractivity (Wildman–Crippen MR) is 92.2 cm³/mol. The fourth-order valence-electron chi connectivity index (χ4n) is 2.77. The van der Waals surface area contributed by atoms with Crippen molar-refractivity contribution in [3.8, 4) is 5.75 Å². The fraction of sp³-hybridized carbons (Fsp3) is 0.500. The summed E-state index contributed by atoms with van der Waals surface area (Å²) in [5, 5.41) is 0. The van der Waals surface area contributed by atoms with Gasteiger partial charge in [-0.05, 0) is 45.2 Å². The number of carbonyl (C=O) groups is 3. The van der Waals surface area contributed by atoms with Gasteiger partial charge in [0.25, 0.3) is 0 Å². The number of rotatable bonds is 4. The Morgan fingerprint density at radius 2 is 2.00 bits per heavy atom. The number of aryl methyl sites for hydroxylation is 1. The van der Waals surface area contributed by atoms with E-state index in [1.54, 1.807) is 32.9 Å². The smallest absolute Gasteiger partial charge is 0.319 e. The number of methoxy groups -OCH3 is 1. The van der Waals surface area contributed by atoms with Crippen LogP contribution in [0.1, 0.15) is 32.8 Å². The van der Waals surface area contributed by atoms with Gasteiger partial charge in [-0.2, -0.15) is 0 Å². The number of carbonyl (C=O) groups excluding carboxylic acids is 3. The molecular formula is C18H24N2O5. The standard InChI is InChI=1S/C18H24N2O5/c1-18(2,3)25-17(23)13-8-6-11-5-7-12(24-4)9-14(11)20(16(13)22)10-15(19)21/h5,7,9,13H,6,8,10H2,1-4H3,(H2,19,21). The molecule has 0 aliphatic carbocycles. The molecule has 0 fully saturated rings. The summed E-state index contributed by atoms with van der Waals surface area (Å²) in [6.07, 6.45) is 0.812. The zero-order valence-electron chi connectivity index (χ0n) is 15.0. The Kier molecular flexibility index (Phi) is 5.35. The maximum Gasteiger partial charge on any atom is 0.319 e. The molecule has 2 rings (SSSR count). The zero-order valence-corrected chi connectivity index (χ0v) is 15.0. The molecule has 1 unspecified atom stereocenters. The Labute approximate surface area is 147 Å². The second kappa shape index (κ2) is 7.13. The van der Waals surface area contributed by atoms with E-state index in [0.717, 1.165) is 5.56 Å². The van der Waals surface area contributed by atoms with Crippen LogP contribution in [-0.4, -0.2) is 37.0 Å². The molecule has 0 spiro atoms. The first-order valence-electron chi connectivity index (χ1n) is 8.12. The van der Waals surface area contributed by atoms with Crippen LogP contribution in [0, 0.1) is 5.92 Å². The van der Waals surface area contributed by atoms with Gasteiger partial charge in [-0.25, -0.2) is 0 Å². The van der Waals surface area contributed by atoms with E-state index in [2.05, 4.69) is 0 Å². The summed E-state index contributed by atoms with van der Waals surface area (Å²) in [5.41, 5.74) is 5.99. The molecule has 1 aliphatic rings. The molecule has 1 aromatic rings. The van der Waals surface area contributed by atoms with E-state index in [1.807, 2.05) is 6.07 Å². The van der Waals surface area contributed by atoms with Crippen LogP contribution in [-0.2, 0) is 25.5 Å². The molecule has 7 nitrogen and oxygen atoms in total. The average Bonchev–Trinajstić information content (AvgIpc) is 2.63. The minimum atomic E-state index is -0.975. The minimum Gasteiger partial charge on any atom is -0.497 e. The van der Waals surface area contributed by atoms with Crippen molar-refractivity contribution in [3.05, 3.63) is 23.8 Å². The summed E-state index contributed by atoms with van der Waals surface area (Å²) < 4.78 is 10.6. The Bertz CT molecular complexity index is 693. The van der Waals surface area contributed by atoms with Gasteiger partial charge in [0.15, 0.2) is 0 Å². The predicted octanol–water partition coefficient (Wildman–Crippen LogP) is 1.42. The van der Waals surface area contributed by atoms with Crippen LogP contribution in [0.2, 0.25) is 0 Å². The second-order valence-corrected chi connectivity index (χ2v) is 7.01. The molecule has 7 heteroatoms. The number of hydrogen-bond donors (Lipinski definition) is 1. The van der Waals surface area contributed by atoms with E-state index in [1.165, 1.54) is 12.0 Å². The van der Waals surface area contributed by atoms with Crippen LogP contribution in [0.4, 0.5) is 5.69 Å². The highest BCUT2D eigenvalue weighted by Crippen LogP contribution is 2.33. The van der Waals surface area contributed by atoms with Gasteiger partial charge in [-0.1, -0.05) is 6.07 Å². The van der Waals surface area contributed by atoms with E-state index < -0.39 is 29.3 Å². The van der Waals surface area contributed by atoms with Crippen molar-refractivity contribution in [2.24, 2.45) is 11.7 Å². The summed E-state index contributed by atoms with van der Waals surface area (Å²) in [6, 6.07) is 5.28. The fourth-order valence-corrected chi connectivity index (χ4v) is 2.77. The Morgan fingerprint density at radius 1 is 1.32 bits per heavy atom. The van der Waals surface area contributed by atoms with E-state index in [4.69, 9.17) is 15.2 Å². The number of primary amides is 1. The molecule has 1 aliphatic heterocycles. The van der Waals surface area contributed by atoms with Crippen LogP contribution in [0.25, 0.3) is 0 Å². The summed E-state index contributed by atoms with van der Waals surface area (Å²) in [6.45, 7) is 4.92. The third-order valence-electron chi connectivity index (χ3n) is 3.85. The molecule has 2 amide bonds. The van der Waals surface area contributed by atoms with Crippen LogP contribution in [0.15, 0.2) is 18.2 Å². The molecule has 0 saturated carbocycles. The Balaban J connectivity index is 2.41. The molecule has 2 N–H and O–H groups in total. The van der Waals surface area contributed by atoms with Gasteiger partial charge >= 0.3 is 5.97 Å². The van der Waals surface area contributed by atoms with E-state index in [0.29, 0.717) is 24.3 Å². The first-order chi connectivity index (χ1) is 11.6. The highest BCUT2D eigenvalue weighted by atomic mass is 16.6. The Hall–Kier alpha value is -2.57. The van der Waals surface area contributed by atoms with Crippen LogP contribution < -0.4 is 15.4 Å². The number of hydrogen-bond acceptors (Lipinski definition) is 5. The van der Waals surface area contributed by atoms with Crippen molar-refractivity contribution in [3.63, 3.8) is 0 Å². The van der Waals surface area contributed by atoms with Gasteiger partial charge in [0.05, 0.1) is 12.8 Å². The topological polar surface area (TPSA) is 98.9 Å². The normalized spacial score (nSPS) is 17.5. The lowest BCUT2D eigenvalue weighted by Gasteiger charge is -2.26. The highest BCUT2D eigenvalue weighted by Gasteiger charge is 2.38. The molecule has 1 aromatic carbocycles. The number of esters is 1.